The zero-order valence-electron chi connectivity index (χ0n) is 14.7. The molecule has 2 aliphatic rings. The Hall–Kier alpha value is -1.64. The number of halogens is 1. The second-order valence-corrected chi connectivity index (χ2v) is 9.03. The minimum Gasteiger partial charge on any atom is -0.497 e. The van der Waals surface area contributed by atoms with Crippen molar-refractivity contribution in [1.29, 1.82) is 0 Å². The minimum atomic E-state index is 0.165. The summed E-state index contributed by atoms with van der Waals surface area (Å²) in [5.41, 5.74) is 8.83. The summed E-state index contributed by atoms with van der Waals surface area (Å²) in [5, 5.41) is 1.79. The zero-order valence-corrected chi connectivity index (χ0v) is 17.9. The number of amidine groups is 2. The first kappa shape index (κ1) is 18.7. The average Bonchev–Trinajstić information content (AvgIpc) is 3.36. The van der Waals surface area contributed by atoms with Crippen LogP contribution in [0, 0.1) is 0 Å². The van der Waals surface area contributed by atoms with Gasteiger partial charge in [-0.3, -0.25) is 20.8 Å². The molecule has 0 spiro atoms. The molecule has 5 nitrogen and oxygen atoms in total. The zero-order chi connectivity index (χ0) is 18.6. The van der Waals surface area contributed by atoms with Crippen LogP contribution in [0.15, 0.2) is 63.0 Å². The molecule has 0 aromatic heterocycles. The molecule has 2 heterocycles. The third-order valence-electron chi connectivity index (χ3n) is 4.31. The lowest BCUT2D eigenvalue weighted by Crippen LogP contribution is -2.37. The Bertz CT molecular complexity index is 872. The second-order valence-electron chi connectivity index (χ2n) is 6.10. The Kier molecular flexibility index (Phi) is 5.95. The number of nitrogens with one attached hydrogen (secondary N) is 2. The van der Waals surface area contributed by atoms with Crippen LogP contribution in [0.4, 0.5) is 0 Å². The smallest absolute Gasteiger partial charge is 0.176 e. The summed E-state index contributed by atoms with van der Waals surface area (Å²) in [6.45, 7) is 0. The van der Waals surface area contributed by atoms with E-state index in [1.54, 1.807) is 30.6 Å². The minimum absolute atomic E-state index is 0.165. The van der Waals surface area contributed by atoms with E-state index < -0.39 is 0 Å². The summed E-state index contributed by atoms with van der Waals surface area (Å²) in [4.78, 5) is 9.52. The molecule has 2 unspecified atom stereocenters. The van der Waals surface area contributed by atoms with Crippen LogP contribution in [0.2, 0.25) is 0 Å². The molecular weight excluding hydrogens is 444 g/mol. The lowest BCUT2D eigenvalue weighted by Gasteiger charge is -2.08. The maximum Gasteiger partial charge on any atom is 0.176 e. The molecular formula is C19H19BrN4OS2. The van der Waals surface area contributed by atoms with Gasteiger partial charge in [0.1, 0.15) is 5.75 Å². The van der Waals surface area contributed by atoms with Crippen molar-refractivity contribution in [2.24, 2.45) is 9.98 Å². The number of hydrogen-bond acceptors (Lipinski definition) is 7. The molecule has 2 aromatic rings. The van der Waals surface area contributed by atoms with Crippen LogP contribution in [0.1, 0.15) is 23.2 Å². The van der Waals surface area contributed by atoms with E-state index in [-0.39, 0.29) is 12.1 Å². The molecule has 0 bridgehead atoms. The largest absolute Gasteiger partial charge is 0.497 e. The van der Waals surface area contributed by atoms with E-state index in [1.165, 1.54) is 11.1 Å². The fourth-order valence-corrected chi connectivity index (χ4v) is 5.11. The first-order valence-electron chi connectivity index (χ1n) is 8.54. The summed E-state index contributed by atoms with van der Waals surface area (Å²) in [6.07, 6.45) is 0. The van der Waals surface area contributed by atoms with Crippen LogP contribution in [0.5, 0.6) is 5.75 Å². The highest BCUT2D eigenvalue weighted by molar-refractivity contribution is 9.10. The highest BCUT2D eigenvalue weighted by atomic mass is 79.9. The highest BCUT2D eigenvalue weighted by Gasteiger charge is 2.23. The van der Waals surface area contributed by atoms with Crippen molar-refractivity contribution in [3.05, 3.63) is 64.1 Å². The Labute approximate surface area is 175 Å². The van der Waals surface area contributed by atoms with Crippen molar-refractivity contribution < 1.29 is 4.74 Å². The fraction of sp³-hybridized carbons (Fsp3) is 0.263. The number of benzene rings is 2. The summed E-state index contributed by atoms with van der Waals surface area (Å²) in [7, 11) is 1.68. The van der Waals surface area contributed by atoms with Gasteiger partial charge in [0.05, 0.1) is 19.2 Å². The van der Waals surface area contributed by atoms with Gasteiger partial charge in [0.15, 0.2) is 10.3 Å². The van der Waals surface area contributed by atoms with Gasteiger partial charge in [0.25, 0.3) is 0 Å². The molecule has 0 radical (unpaired) electrons. The van der Waals surface area contributed by atoms with Crippen LogP contribution in [-0.4, -0.2) is 29.0 Å². The van der Waals surface area contributed by atoms with Crippen LogP contribution >= 0.6 is 39.5 Å². The molecule has 140 valence electrons. The number of thioether (sulfide) groups is 2. The molecule has 0 saturated heterocycles. The normalized spacial score (nSPS) is 21.6. The predicted octanol–water partition coefficient (Wildman–Crippen LogP) is 4.54. The Balaban J connectivity index is 1.34. The molecule has 2 aromatic carbocycles. The Morgan fingerprint density at radius 3 is 2.15 bits per heavy atom. The highest BCUT2D eigenvalue weighted by Crippen LogP contribution is 2.32. The van der Waals surface area contributed by atoms with Gasteiger partial charge in [0, 0.05) is 16.0 Å². The predicted molar refractivity (Wildman–Crippen MR) is 119 cm³/mol. The number of hydrogen-bond donors (Lipinski definition) is 2. The van der Waals surface area contributed by atoms with Crippen molar-refractivity contribution in [1.82, 2.24) is 10.9 Å². The SMILES string of the molecule is COc1ccc(C2CSC(NNC3=NC(c4cccc(Br)c4)CS3)=N2)cc1. The molecule has 27 heavy (non-hydrogen) atoms. The van der Waals surface area contributed by atoms with Gasteiger partial charge in [-0.15, -0.1) is 0 Å². The first-order valence-corrected chi connectivity index (χ1v) is 11.3. The van der Waals surface area contributed by atoms with Crippen molar-refractivity contribution in [2.75, 3.05) is 18.6 Å². The van der Waals surface area contributed by atoms with Gasteiger partial charge in [-0.1, -0.05) is 63.7 Å². The van der Waals surface area contributed by atoms with E-state index in [4.69, 9.17) is 14.7 Å². The third kappa shape index (κ3) is 4.62. The van der Waals surface area contributed by atoms with Gasteiger partial charge in [-0.25, -0.2) is 0 Å². The topological polar surface area (TPSA) is 58.0 Å². The number of methoxy groups -OCH3 is 1. The van der Waals surface area contributed by atoms with Crippen molar-refractivity contribution in [3.63, 3.8) is 0 Å². The molecule has 2 aliphatic heterocycles. The Morgan fingerprint density at radius 1 is 0.926 bits per heavy atom. The monoisotopic (exact) mass is 462 g/mol. The summed E-state index contributed by atoms with van der Waals surface area (Å²) in [5.74, 6) is 2.73. The van der Waals surface area contributed by atoms with Gasteiger partial charge >= 0.3 is 0 Å². The number of nitrogens with zero attached hydrogens (tertiary/aromatic N) is 2. The standard InChI is InChI=1S/C19H19BrN4OS2/c1-25-15-7-5-12(6-8-15)16-10-26-18(21-16)23-24-19-22-17(11-27-19)13-3-2-4-14(20)9-13/h2-9,16-17H,10-11H2,1H3,(H,21,23)(H,22,24). The van der Waals surface area contributed by atoms with Crippen molar-refractivity contribution in [3.8, 4) is 5.75 Å². The van der Waals surface area contributed by atoms with Crippen molar-refractivity contribution in [2.45, 2.75) is 12.1 Å². The number of aliphatic imine (C=N–C) groups is 2. The summed E-state index contributed by atoms with van der Waals surface area (Å²) in [6, 6.07) is 16.8. The van der Waals surface area contributed by atoms with Crippen LogP contribution < -0.4 is 15.6 Å². The average molecular weight is 463 g/mol. The van der Waals surface area contributed by atoms with E-state index in [0.29, 0.717) is 0 Å². The quantitative estimate of drug-likeness (QED) is 0.655. The Morgan fingerprint density at radius 2 is 1.56 bits per heavy atom. The molecule has 2 N–H and O–H groups in total. The molecule has 0 amide bonds. The molecule has 0 aliphatic carbocycles. The van der Waals surface area contributed by atoms with Crippen LogP contribution in [0.25, 0.3) is 0 Å². The van der Waals surface area contributed by atoms with E-state index >= 15 is 0 Å². The van der Waals surface area contributed by atoms with Gasteiger partial charge in [0.2, 0.25) is 0 Å². The van der Waals surface area contributed by atoms with E-state index in [0.717, 1.165) is 32.1 Å². The number of rotatable bonds is 3. The van der Waals surface area contributed by atoms with Gasteiger partial charge in [-0.05, 0) is 35.4 Å². The summed E-state index contributed by atoms with van der Waals surface area (Å²) >= 11 is 6.96. The van der Waals surface area contributed by atoms with E-state index in [9.17, 15) is 0 Å². The van der Waals surface area contributed by atoms with Gasteiger partial charge in [-0.2, -0.15) is 0 Å². The fourth-order valence-electron chi connectivity index (χ4n) is 2.87. The molecule has 0 saturated carbocycles. The molecule has 4 rings (SSSR count). The lowest BCUT2D eigenvalue weighted by atomic mass is 10.1. The van der Waals surface area contributed by atoms with Crippen molar-refractivity contribution >= 4 is 49.8 Å². The lowest BCUT2D eigenvalue weighted by molar-refractivity contribution is 0.414. The van der Waals surface area contributed by atoms with E-state index in [1.807, 2.05) is 24.3 Å². The first-order chi connectivity index (χ1) is 13.2. The van der Waals surface area contributed by atoms with Crippen LogP contribution in [-0.2, 0) is 0 Å². The number of hydrazine groups is 1. The molecule has 8 heteroatoms. The summed E-state index contributed by atoms with van der Waals surface area (Å²) < 4.78 is 6.30. The van der Waals surface area contributed by atoms with Crippen LogP contribution in [0.3, 0.4) is 0 Å². The van der Waals surface area contributed by atoms with E-state index in [2.05, 4.69) is 51.0 Å². The molecule has 2 atom stereocenters. The maximum absolute atomic E-state index is 5.21. The molecule has 0 fully saturated rings. The third-order valence-corrected chi connectivity index (χ3v) is 6.73. The van der Waals surface area contributed by atoms with Gasteiger partial charge < -0.3 is 4.74 Å². The number of ether oxygens (including phenoxy) is 1. The maximum atomic E-state index is 5.21. The second kappa shape index (κ2) is 8.58.